The molecule has 0 aliphatic heterocycles. The van der Waals surface area contributed by atoms with Gasteiger partial charge in [0.15, 0.2) is 0 Å². The van der Waals surface area contributed by atoms with Gasteiger partial charge in [0.05, 0.1) is 0 Å². The third kappa shape index (κ3) is 1.84. The molecule has 2 nitrogen and oxygen atoms in total. The first-order valence-corrected chi connectivity index (χ1v) is 4.07. The second-order valence-corrected chi connectivity index (χ2v) is 2.86. The van der Waals surface area contributed by atoms with Gasteiger partial charge in [0, 0.05) is 25.5 Å². The molecular weight excluding hydrogens is 136 g/mol. The number of aryl methyl sites for hydroxylation is 1. The average molecular weight is 152 g/mol. The maximum atomic E-state index is 3.27. The molecule has 1 unspecified atom stereocenters. The van der Waals surface area contributed by atoms with Crippen molar-refractivity contribution in [2.24, 2.45) is 7.05 Å². The van der Waals surface area contributed by atoms with Crippen molar-refractivity contribution in [3.63, 3.8) is 0 Å². The van der Waals surface area contributed by atoms with Crippen molar-refractivity contribution in [2.75, 3.05) is 7.05 Å². The second-order valence-electron chi connectivity index (χ2n) is 2.86. The van der Waals surface area contributed by atoms with E-state index < -0.39 is 0 Å². The molecule has 0 radical (unpaired) electrons. The summed E-state index contributed by atoms with van der Waals surface area (Å²) in [6, 6.07) is 2.67. The predicted octanol–water partition coefficient (Wildman–Crippen LogP) is 1.70. The first kappa shape index (κ1) is 8.34. The minimum absolute atomic E-state index is 0.510. The van der Waals surface area contributed by atoms with E-state index in [1.165, 1.54) is 5.56 Å². The van der Waals surface area contributed by atoms with Gasteiger partial charge in [-0.25, -0.2) is 0 Å². The number of nitrogens with one attached hydrogen (secondary N) is 1. The molecule has 0 saturated carbocycles. The Kier molecular flexibility index (Phi) is 2.71. The Hall–Kier alpha value is -0.760. The summed E-state index contributed by atoms with van der Waals surface area (Å²) in [6.07, 6.45) is 5.38. The molecular formula is C9H16N2. The lowest BCUT2D eigenvalue weighted by Gasteiger charge is -2.10. The van der Waals surface area contributed by atoms with Crippen LogP contribution < -0.4 is 5.32 Å². The van der Waals surface area contributed by atoms with Gasteiger partial charge in [-0.15, -0.1) is 0 Å². The van der Waals surface area contributed by atoms with Gasteiger partial charge >= 0.3 is 0 Å². The van der Waals surface area contributed by atoms with Crippen LogP contribution in [0.2, 0.25) is 0 Å². The highest BCUT2D eigenvalue weighted by atomic mass is 14.9. The number of hydrogen-bond donors (Lipinski definition) is 1. The molecule has 1 aromatic heterocycles. The zero-order chi connectivity index (χ0) is 8.27. The molecule has 0 bridgehead atoms. The number of aromatic nitrogens is 1. The van der Waals surface area contributed by atoms with E-state index in [1.807, 2.05) is 14.1 Å². The van der Waals surface area contributed by atoms with Gasteiger partial charge < -0.3 is 9.88 Å². The second kappa shape index (κ2) is 3.58. The van der Waals surface area contributed by atoms with Crippen LogP contribution in [0.4, 0.5) is 0 Å². The van der Waals surface area contributed by atoms with Crippen molar-refractivity contribution < 1.29 is 0 Å². The van der Waals surface area contributed by atoms with Crippen LogP contribution in [0.1, 0.15) is 24.9 Å². The molecule has 1 rings (SSSR count). The molecule has 0 saturated heterocycles. The van der Waals surface area contributed by atoms with E-state index in [2.05, 4.69) is 35.3 Å². The molecule has 62 valence electrons. The molecule has 0 amide bonds. The maximum absolute atomic E-state index is 3.27. The van der Waals surface area contributed by atoms with E-state index in [1.54, 1.807) is 0 Å². The van der Waals surface area contributed by atoms with Crippen LogP contribution in [0.25, 0.3) is 0 Å². The van der Waals surface area contributed by atoms with Gasteiger partial charge in [-0.05, 0) is 25.1 Å². The van der Waals surface area contributed by atoms with Crippen molar-refractivity contribution in [3.05, 3.63) is 24.0 Å². The van der Waals surface area contributed by atoms with Gasteiger partial charge in [0.2, 0.25) is 0 Å². The minimum Gasteiger partial charge on any atom is -0.357 e. The summed E-state index contributed by atoms with van der Waals surface area (Å²) in [7, 11) is 4.05. The van der Waals surface area contributed by atoms with Crippen LogP contribution in [0.15, 0.2) is 18.5 Å². The van der Waals surface area contributed by atoms with Crippen LogP contribution in [0, 0.1) is 0 Å². The predicted molar refractivity (Wildman–Crippen MR) is 47.5 cm³/mol. The normalized spacial score (nSPS) is 13.4. The van der Waals surface area contributed by atoms with Crippen molar-refractivity contribution in [1.82, 2.24) is 9.88 Å². The fourth-order valence-corrected chi connectivity index (χ4v) is 1.34. The molecule has 1 aromatic rings. The molecule has 1 heterocycles. The van der Waals surface area contributed by atoms with E-state index in [0.717, 1.165) is 6.42 Å². The summed E-state index contributed by atoms with van der Waals surface area (Å²) in [5.74, 6) is 0. The van der Waals surface area contributed by atoms with E-state index in [0.29, 0.717) is 6.04 Å². The topological polar surface area (TPSA) is 17.0 Å². The number of nitrogens with zero attached hydrogens (tertiary/aromatic N) is 1. The standard InChI is InChI=1S/C9H16N2/c1-4-9(10-2)8-5-6-11(3)7-8/h5-7,9-10H,4H2,1-3H3. The Balaban J connectivity index is 2.73. The summed E-state index contributed by atoms with van der Waals surface area (Å²) in [4.78, 5) is 0. The van der Waals surface area contributed by atoms with Gasteiger partial charge in [-0.2, -0.15) is 0 Å². The molecule has 0 aliphatic rings. The molecule has 0 aromatic carbocycles. The zero-order valence-electron chi connectivity index (χ0n) is 7.46. The fraction of sp³-hybridized carbons (Fsp3) is 0.556. The highest BCUT2D eigenvalue weighted by Crippen LogP contribution is 2.15. The van der Waals surface area contributed by atoms with E-state index in [-0.39, 0.29) is 0 Å². The molecule has 1 N–H and O–H groups in total. The first-order valence-electron chi connectivity index (χ1n) is 4.07. The molecule has 0 spiro atoms. The Bertz CT molecular complexity index is 211. The molecule has 1 atom stereocenters. The minimum atomic E-state index is 0.510. The fourth-order valence-electron chi connectivity index (χ4n) is 1.34. The molecule has 0 aliphatic carbocycles. The van der Waals surface area contributed by atoms with Gasteiger partial charge in [-0.1, -0.05) is 6.92 Å². The van der Waals surface area contributed by atoms with Crippen LogP contribution in [-0.2, 0) is 7.05 Å². The quantitative estimate of drug-likeness (QED) is 0.697. The van der Waals surface area contributed by atoms with Crippen molar-refractivity contribution in [3.8, 4) is 0 Å². The van der Waals surface area contributed by atoms with Crippen LogP contribution >= 0.6 is 0 Å². The van der Waals surface area contributed by atoms with Crippen LogP contribution in [-0.4, -0.2) is 11.6 Å². The molecule has 2 heteroatoms. The van der Waals surface area contributed by atoms with Crippen LogP contribution in [0.3, 0.4) is 0 Å². The van der Waals surface area contributed by atoms with E-state index in [9.17, 15) is 0 Å². The lowest BCUT2D eigenvalue weighted by molar-refractivity contribution is 0.576. The van der Waals surface area contributed by atoms with Crippen LogP contribution in [0.5, 0.6) is 0 Å². The van der Waals surface area contributed by atoms with Gasteiger partial charge in [0.1, 0.15) is 0 Å². The zero-order valence-corrected chi connectivity index (χ0v) is 7.46. The highest BCUT2D eigenvalue weighted by molar-refractivity contribution is 5.14. The molecule has 0 fully saturated rings. The largest absolute Gasteiger partial charge is 0.357 e. The lowest BCUT2D eigenvalue weighted by atomic mass is 10.1. The summed E-state index contributed by atoms with van der Waals surface area (Å²) >= 11 is 0. The van der Waals surface area contributed by atoms with Crippen molar-refractivity contribution in [1.29, 1.82) is 0 Å². The van der Waals surface area contributed by atoms with Crippen molar-refractivity contribution in [2.45, 2.75) is 19.4 Å². The summed E-state index contributed by atoms with van der Waals surface area (Å²) in [5.41, 5.74) is 1.37. The average Bonchev–Trinajstić information content (AvgIpc) is 2.39. The Morgan fingerprint density at radius 2 is 2.36 bits per heavy atom. The lowest BCUT2D eigenvalue weighted by Crippen LogP contribution is -2.14. The summed E-state index contributed by atoms with van der Waals surface area (Å²) in [6.45, 7) is 2.19. The maximum Gasteiger partial charge on any atom is 0.0329 e. The Labute approximate surface area is 68.2 Å². The molecule has 11 heavy (non-hydrogen) atoms. The monoisotopic (exact) mass is 152 g/mol. The number of hydrogen-bond acceptors (Lipinski definition) is 1. The third-order valence-electron chi connectivity index (χ3n) is 2.01. The van der Waals surface area contributed by atoms with Gasteiger partial charge in [-0.3, -0.25) is 0 Å². The third-order valence-corrected chi connectivity index (χ3v) is 2.01. The smallest absolute Gasteiger partial charge is 0.0329 e. The first-order chi connectivity index (χ1) is 5.27. The Morgan fingerprint density at radius 3 is 2.73 bits per heavy atom. The van der Waals surface area contributed by atoms with Crippen molar-refractivity contribution >= 4 is 0 Å². The van der Waals surface area contributed by atoms with E-state index >= 15 is 0 Å². The van der Waals surface area contributed by atoms with Gasteiger partial charge in [0.25, 0.3) is 0 Å². The summed E-state index contributed by atoms with van der Waals surface area (Å²) < 4.78 is 2.08. The number of rotatable bonds is 3. The SMILES string of the molecule is CCC(NC)c1ccn(C)c1. The van der Waals surface area contributed by atoms with E-state index in [4.69, 9.17) is 0 Å². The summed E-state index contributed by atoms with van der Waals surface area (Å²) in [5, 5.41) is 3.27. The Morgan fingerprint density at radius 1 is 1.64 bits per heavy atom. The highest BCUT2D eigenvalue weighted by Gasteiger charge is 2.05.